The minimum Gasteiger partial charge on any atom is -0.457 e. The van der Waals surface area contributed by atoms with Gasteiger partial charge in [0.2, 0.25) is 0 Å². The number of halogens is 1. The van der Waals surface area contributed by atoms with Gasteiger partial charge in [-0.15, -0.1) is 0 Å². The van der Waals surface area contributed by atoms with Crippen molar-refractivity contribution in [1.82, 2.24) is 9.55 Å². The third-order valence-corrected chi connectivity index (χ3v) is 4.95. The van der Waals surface area contributed by atoms with E-state index in [1.165, 1.54) is 5.57 Å². The van der Waals surface area contributed by atoms with Gasteiger partial charge in [-0.1, -0.05) is 17.7 Å². The molecule has 0 saturated carbocycles. The lowest BCUT2D eigenvalue weighted by Crippen LogP contribution is -2.07. The number of rotatable bonds is 5. The van der Waals surface area contributed by atoms with Gasteiger partial charge in [0.1, 0.15) is 17.3 Å². The third kappa shape index (κ3) is 3.72. The Bertz CT molecular complexity index is 1040. The van der Waals surface area contributed by atoms with E-state index in [2.05, 4.69) is 15.6 Å². The Labute approximate surface area is 168 Å². The molecule has 0 N–H and O–H groups in total. The summed E-state index contributed by atoms with van der Waals surface area (Å²) in [5, 5.41) is 0.516. The first-order valence-electron chi connectivity index (χ1n) is 8.97. The Balaban J connectivity index is 1.57. The second-order valence-corrected chi connectivity index (χ2v) is 6.94. The average molecular weight is 395 g/mol. The minimum absolute atomic E-state index is 0.435. The summed E-state index contributed by atoms with van der Waals surface area (Å²) in [5.41, 5.74) is 3.71. The number of aromatic nitrogens is 2. The van der Waals surface area contributed by atoms with E-state index in [1.807, 2.05) is 37.5 Å². The van der Waals surface area contributed by atoms with E-state index in [-0.39, 0.29) is 0 Å². The summed E-state index contributed by atoms with van der Waals surface area (Å²) >= 11 is 6.01. The fraction of sp³-hybridized carbons (Fsp3) is 0.182. The van der Waals surface area contributed by atoms with E-state index in [0.29, 0.717) is 28.7 Å². The first-order chi connectivity index (χ1) is 13.7. The van der Waals surface area contributed by atoms with Crippen molar-refractivity contribution in [3.8, 4) is 22.8 Å². The average Bonchev–Trinajstić information content (AvgIpc) is 3.11. The van der Waals surface area contributed by atoms with Crippen molar-refractivity contribution in [2.45, 2.75) is 6.42 Å². The van der Waals surface area contributed by atoms with Crippen LogP contribution in [0.4, 0.5) is 0 Å². The monoisotopic (exact) mass is 394 g/mol. The van der Waals surface area contributed by atoms with Gasteiger partial charge in [-0.2, -0.15) is 0 Å². The Morgan fingerprint density at radius 3 is 2.75 bits per heavy atom. The van der Waals surface area contributed by atoms with Crippen LogP contribution in [-0.2, 0) is 11.8 Å². The molecular weight excluding hydrogens is 376 g/mol. The zero-order chi connectivity index (χ0) is 19.5. The maximum atomic E-state index is 11.2. The van der Waals surface area contributed by atoms with E-state index >= 15 is 0 Å². The third-order valence-electron chi connectivity index (χ3n) is 4.72. The lowest BCUT2D eigenvalue weighted by atomic mass is 10.1. The highest BCUT2D eigenvalue weighted by molar-refractivity contribution is 6.30. The molecule has 0 fully saturated rings. The van der Waals surface area contributed by atoms with Gasteiger partial charge in [-0.05, 0) is 48.4 Å². The molecule has 142 valence electrons. The van der Waals surface area contributed by atoms with Crippen LogP contribution in [0.15, 0.2) is 54.7 Å². The summed E-state index contributed by atoms with van der Waals surface area (Å²) in [5.74, 6) is 2.03. The van der Waals surface area contributed by atoms with Crippen LogP contribution >= 0.6 is 11.6 Å². The summed E-state index contributed by atoms with van der Waals surface area (Å²) in [4.78, 5) is 15.8. The molecule has 28 heavy (non-hydrogen) atoms. The standard InChI is InChI=1S/C22H19ClN2O3/c1-25-20(13-24-22(25)16-8-10-27-11-9-16)15-3-6-19(7-4-15)28-21-12-18(23)5-2-17(21)14-26/h2-8,12-14H,9-11H2,1H3. The van der Waals surface area contributed by atoms with Gasteiger partial charge >= 0.3 is 0 Å². The topological polar surface area (TPSA) is 53.4 Å². The maximum Gasteiger partial charge on any atom is 0.153 e. The largest absolute Gasteiger partial charge is 0.457 e. The summed E-state index contributed by atoms with van der Waals surface area (Å²) in [7, 11) is 2.01. The number of benzene rings is 2. The number of ether oxygens (including phenoxy) is 2. The first-order valence-corrected chi connectivity index (χ1v) is 9.35. The van der Waals surface area contributed by atoms with Crippen molar-refractivity contribution in [3.05, 3.63) is 71.1 Å². The number of aldehydes is 1. The fourth-order valence-electron chi connectivity index (χ4n) is 3.22. The Morgan fingerprint density at radius 2 is 2.04 bits per heavy atom. The number of carbonyl (C=O) groups is 1. The highest BCUT2D eigenvalue weighted by Gasteiger charge is 2.15. The SMILES string of the molecule is Cn1c(-c2ccc(Oc3cc(Cl)ccc3C=O)cc2)cnc1C1=CCOCC1. The summed E-state index contributed by atoms with van der Waals surface area (Å²) < 4.78 is 13.3. The van der Waals surface area contributed by atoms with Gasteiger partial charge in [-0.3, -0.25) is 4.79 Å². The van der Waals surface area contributed by atoms with E-state index in [0.717, 1.165) is 36.4 Å². The fourth-order valence-corrected chi connectivity index (χ4v) is 3.38. The molecule has 0 bridgehead atoms. The van der Waals surface area contributed by atoms with Crippen LogP contribution in [0.25, 0.3) is 16.8 Å². The van der Waals surface area contributed by atoms with Crippen molar-refractivity contribution in [2.24, 2.45) is 7.05 Å². The van der Waals surface area contributed by atoms with Gasteiger partial charge in [0.25, 0.3) is 0 Å². The van der Waals surface area contributed by atoms with Crippen LogP contribution in [0, 0.1) is 0 Å². The number of hydrogen-bond donors (Lipinski definition) is 0. The molecule has 3 aromatic rings. The van der Waals surface area contributed by atoms with Crippen LogP contribution in [0.5, 0.6) is 11.5 Å². The molecule has 1 aliphatic heterocycles. The van der Waals surface area contributed by atoms with Gasteiger partial charge in [-0.25, -0.2) is 4.98 Å². The molecule has 4 rings (SSSR count). The molecule has 6 heteroatoms. The molecule has 0 saturated heterocycles. The second kappa shape index (κ2) is 8.00. The van der Waals surface area contributed by atoms with Crippen molar-refractivity contribution in [3.63, 3.8) is 0 Å². The number of carbonyl (C=O) groups excluding carboxylic acids is 1. The van der Waals surface area contributed by atoms with E-state index < -0.39 is 0 Å². The molecule has 1 aliphatic rings. The van der Waals surface area contributed by atoms with Crippen molar-refractivity contribution < 1.29 is 14.3 Å². The summed E-state index contributed by atoms with van der Waals surface area (Å²) in [6.45, 7) is 1.36. The predicted molar refractivity (Wildman–Crippen MR) is 109 cm³/mol. The molecule has 0 spiro atoms. The Hall–Kier alpha value is -2.89. The molecule has 0 radical (unpaired) electrons. The number of nitrogens with zero attached hydrogens (tertiary/aromatic N) is 2. The molecule has 0 amide bonds. The maximum absolute atomic E-state index is 11.2. The first kappa shape index (κ1) is 18.5. The van der Waals surface area contributed by atoms with Gasteiger partial charge in [0.05, 0.1) is 30.7 Å². The van der Waals surface area contributed by atoms with E-state index in [9.17, 15) is 4.79 Å². The lowest BCUT2D eigenvalue weighted by Gasteiger charge is -2.14. The van der Waals surface area contributed by atoms with Crippen LogP contribution in [0.2, 0.25) is 5.02 Å². The number of hydrogen-bond acceptors (Lipinski definition) is 4. The summed E-state index contributed by atoms with van der Waals surface area (Å²) in [6.07, 6.45) is 5.59. The molecule has 0 aliphatic carbocycles. The van der Waals surface area contributed by atoms with Crippen LogP contribution in [-0.4, -0.2) is 29.1 Å². The van der Waals surface area contributed by atoms with Crippen molar-refractivity contribution in [1.29, 1.82) is 0 Å². The number of imidazole rings is 1. The Morgan fingerprint density at radius 1 is 1.21 bits per heavy atom. The van der Waals surface area contributed by atoms with E-state index in [4.69, 9.17) is 21.1 Å². The van der Waals surface area contributed by atoms with Crippen LogP contribution < -0.4 is 4.74 Å². The zero-order valence-electron chi connectivity index (χ0n) is 15.4. The van der Waals surface area contributed by atoms with Crippen molar-refractivity contribution in [2.75, 3.05) is 13.2 Å². The van der Waals surface area contributed by atoms with Crippen LogP contribution in [0.3, 0.4) is 0 Å². The highest BCUT2D eigenvalue weighted by Crippen LogP contribution is 2.30. The molecule has 2 aromatic carbocycles. The van der Waals surface area contributed by atoms with Crippen LogP contribution in [0.1, 0.15) is 22.6 Å². The molecule has 2 heterocycles. The normalized spacial score (nSPS) is 13.9. The molecule has 0 unspecified atom stereocenters. The lowest BCUT2D eigenvalue weighted by molar-refractivity contribution is 0.112. The second-order valence-electron chi connectivity index (χ2n) is 6.51. The quantitative estimate of drug-likeness (QED) is 0.561. The predicted octanol–water partition coefficient (Wildman–Crippen LogP) is 5.15. The van der Waals surface area contributed by atoms with Crippen molar-refractivity contribution >= 4 is 23.5 Å². The summed E-state index contributed by atoms with van der Waals surface area (Å²) in [6, 6.07) is 12.6. The molecule has 5 nitrogen and oxygen atoms in total. The Kier molecular flexibility index (Phi) is 5.28. The smallest absolute Gasteiger partial charge is 0.153 e. The van der Waals surface area contributed by atoms with Gasteiger partial charge < -0.3 is 14.0 Å². The van der Waals surface area contributed by atoms with Gasteiger partial charge in [0.15, 0.2) is 6.29 Å². The van der Waals surface area contributed by atoms with E-state index in [1.54, 1.807) is 18.2 Å². The zero-order valence-corrected chi connectivity index (χ0v) is 16.1. The molecule has 0 atom stereocenters. The van der Waals surface area contributed by atoms with Gasteiger partial charge in [0, 0.05) is 23.7 Å². The highest BCUT2D eigenvalue weighted by atomic mass is 35.5. The minimum atomic E-state index is 0.435. The molecular formula is C22H19ClN2O3. The molecule has 1 aromatic heterocycles.